The number of benzene rings is 4. The Bertz CT molecular complexity index is 1670. The van der Waals surface area contributed by atoms with Crippen LogP contribution in [0.5, 0.6) is 5.75 Å². The molecule has 6 rings (SSSR count). The Hall–Kier alpha value is -4.01. The van der Waals surface area contributed by atoms with Gasteiger partial charge in [0, 0.05) is 38.6 Å². The van der Waals surface area contributed by atoms with Crippen molar-refractivity contribution in [1.29, 1.82) is 0 Å². The van der Waals surface area contributed by atoms with Crippen molar-refractivity contribution in [2.75, 3.05) is 0 Å². The molecule has 0 bridgehead atoms. The molecule has 5 heteroatoms. The van der Waals surface area contributed by atoms with Crippen LogP contribution in [0.15, 0.2) is 115 Å². The average Bonchev–Trinajstić information content (AvgIpc) is 3.29. The Labute approximate surface area is 219 Å². The second-order valence-corrected chi connectivity index (χ2v) is 7.92. The van der Waals surface area contributed by atoms with Crippen molar-refractivity contribution >= 4 is 11.0 Å². The number of aromatic nitrogens is 3. The molecule has 0 saturated heterocycles. The van der Waals surface area contributed by atoms with Crippen LogP contribution in [0.25, 0.3) is 50.5 Å². The molecule has 1 N–H and O–H groups in total. The van der Waals surface area contributed by atoms with Crippen LogP contribution in [-0.2, 0) is 21.1 Å². The van der Waals surface area contributed by atoms with Crippen molar-refractivity contribution in [2.24, 2.45) is 0 Å². The summed E-state index contributed by atoms with van der Waals surface area (Å²) in [7, 11) is 0. The molecule has 0 atom stereocenters. The normalized spacial score (nSPS) is 11.1. The number of para-hydroxylation sites is 3. The van der Waals surface area contributed by atoms with Gasteiger partial charge >= 0.3 is 0 Å². The van der Waals surface area contributed by atoms with Crippen LogP contribution in [0.2, 0.25) is 0 Å². The monoisotopic (exact) mass is 634 g/mol. The van der Waals surface area contributed by atoms with Crippen LogP contribution in [0.3, 0.4) is 0 Å². The number of aromatic hydroxyl groups is 1. The minimum absolute atomic E-state index is 0. The summed E-state index contributed by atoms with van der Waals surface area (Å²) in [5.41, 5.74) is 6.83. The number of imidazole rings is 1. The standard InChI is InChI=1S/C30H20N3O.Pt/c34-28-18-5-4-14-25(28)30-32-29-24(15-9-17-27(29)33(30)23-12-2-1-3-13-23)21-10-8-11-22(20-21)26-16-6-7-19-31-26;/h1-19,34H;/q-1;/i5D;. The van der Waals surface area contributed by atoms with E-state index in [1.54, 1.807) is 18.3 Å². The van der Waals surface area contributed by atoms with E-state index in [0.29, 0.717) is 11.4 Å². The zero-order valence-corrected chi connectivity index (χ0v) is 20.8. The van der Waals surface area contributed by atoms with E-state index in [0.717, 1.165) is 39.1 Å². The van der Waals surface area contributed by atoms with Gasteiger partial charge in [-0.3, -0.25) is 9.55 Å². The maximum absolute atomic E-state index is 10.7. The van der Waals surface area contributed by atoms with Crippen LogP contribution in [0.4, 0.5) is 0 Å². The fourth-order valence-electron chi connectivity index (χ4n) is 4.24. The molecule has 0 aliphatic carbocycles. The summed E-state index contributed by atoms with van der Waals surface area (Å²) in [6, 6.07) is 36.5. The van der Waals surface area contributed by atoms with E-state index in [1.165, 1.54) is 6.07 Å². The first-order valence-corrected chi connectivity index (χ1v) is 11.0. The number of hydrogen-bond acceptors (Lipinski definition) is 3. The molecule has 4 nitrogen and oxygen atoms in total. The van der Waals surface area contributed by atoms with E-state index in [-0.39, 0.29) is 32.9 Å². The number of phenols is 1. The molecule has 6 aromatic rings. The first-order valence-electron chi connectivity index (χ1n) is 11.5. The molecule has 172 valence electrons. The average molecular weight is 635 g/mol. The summed E-state index contributed by atoms with van der Waals surface area (Å²) >= 11 is 0. The second-order valence-electron chi connectivity index (χ2n) is 7.92. The fraction of sp³-hybridized carbons (Fsp3) is 0. The summed E-state index contributed by atoms with van der Waals surface area (Å²) in [6.07, 6.45) is 1.78. The number of phenolic OH excluding ortho intramolecular Hbond substituents is 1. The van der Waals surface area contributed by atoms with Crippen molar-refractivity contribution in [3.8, 4) is 45.2 Å². The molecule has 0 radical (unpaired) electrons. The summed E-state index contributed by atoms with van der Waals surface area (Å²) in [6.45, 7) is 0. The molecule has 35 heavy (non-hydrogen) atoms. The summed E-state index contributed by atoms with van der Waals surface area (Å²) < 4.78 is 9.90. The SMILES string of the molecule is [2H]c1ccc(-c2nc3c(-c4[c-]c(-c5ccccn5)ccc4)cccc3n2-c2ccccc2)c(O)c1.[Pt]. The predicted molar refractivity (Wildman–Crippen MR) is 136 cm³/mol. The Kier molecular flexibility index (Phi) is 5.96. The Morgan fingerprint density at radius 1 is 0.743 bits per heavy atom. The van der Waals surface area contributed by atoms with E-state index in [9.17, 15) is 5.11 Å². The van der Waals surface area contributed by atoms with Crippen LogP contribution < -0.4 is 0 Å². The molecule has 4 aromatic carbocycles. The van der Waals surface area contributed by atoms with Gasteiger partial charge in [0.1, 0.15) is 11.6 Å². The van der Waals surface area contributed by atoms with Gasteiger partial charge in [0.2, 0.25) is 0 Å². The van der Waals surface area contributed by atoms with E-state index in [4.69, 9.17) is 6.35 Å². The van der Waals surface area contributed by atoms with Crippen molar-refractivity contribution < 1.29 is 27.5 Å². The molecular formula is C30H20N3OPt-. The van der Waals surface area contributed by atoms with Gasteiger partial charge in [-0.25, -0.2) is 4.98 Å². The van der Waals surface area contributed by atoms with Gasteiger partial charge in [0.25, 0.3) is 0 Å². The van der Waals surface area contributed by atoms with E-state index >= 15 is 0 Å². The number of nitrogens with zero attached hydrogens (tertiary/aromatic N) is 3. The fourth-order valence-corrected chi connectivity index (χ4v) is 4.24. The van der Waals surface area contributed by atoms with Gasteiger partial charge < -0.3 is 5.11 Å². The molecule has 0 saturated carbocycles. The van der Waals surface area contributed by atoms with Crippen molar-refractivity contribution in [3.05, 3.63) is 121 Å². The van der Waals surface area contributed by atoms with Gasteiger partial charge in [-0.05, 0) is 36.4 Å². The Balaban J connectivity index is 0.00000267. The molecule has 0 fully saturated rings. The number of pyridine rings is 1. The van der Waals surface area contributed by atoms with E-state index in [1.807, 2.05) is 89.5 Å². The minimum Gasteiger partial charge on any atom is -0.507 e. The number of fused-ring (bicyclic) bond motifs is 1. The Morgan fingerprint density at radius 2 is 1.51 bits per heavy atom. The second kappa shape index (κ2) is 9.69. The van der Waals surface area contributed by atoms with Crippen LogP contribution in [-0.4, -0.2) is 19.6 Å². The molecule has 0 aliphatic rings. The van der Waals surface area contributed by atoms with Crippen LogP contribution in [0, 0.1) is 6.07 Å². The van der Waals surface area contributed by atoms with Gasteiger partial charge in [-0.15, -0.1) is 29.8 Å². The first kappa shape index (κ1) is 21.5. The van der Waals surface area contributed by atoms with Crippen molar-refractivity contribution in [2.45, 2.75) is 0 Å². The summed E-state index contributed by atoms with van der Waals surface area (Å²) in [5.74, 6) is 0.632. The van der Waals surface area contributed by atoms with Crippen LogP contribution in [0.1, 0.15) is 1.37 Å². The molecule has 0 spiro atoms. The molecule has 2 heterocycles. The summed E-state index contributed by atoms with van der Waals surface area (Å²) in [4.78, 5) is 9.50. The van der Waals surface area contributed by atoms with Crippen molar-refractivity contribution in [1.82, 2.24) is 14.5 Å². The van der Waals surface area contributed by atoms with E-state index < -0.39 is 0 Å². The number of rotatable bonds is 4. The summed E-state index contributed by atoms with van der Waals surface area (Å²) in [5, 5.41) is 10.7. The number of hydrogen-bond donors (Lipinski definition) is 1. The van der Waals surface area contributed by atoms with Crippen molar-refractivity contribution in [3.63, 3.8) is 0 Å². The largest absolute Gasteiger partial charge is 0.507 e. The zero-order chi connectivity index (χ0) is 23.8. The van der Waals surface area contributed by atoms with Gasteiger partial charge in [0.15, 0.2) is 0 Å². The quantitative estimate of drug-likeness (QED) is 0.214. The third-order valence-electron chi connectivity index (χ3n) is 5.81. The van der Waals surface area contributed by atoms with Gasteiger partial charge in [0.05, 0.1) is 18.0 Å². The third kappa shape index (κ3) is 4.18. The van der Waals surface area contributed by atoms with Gasteiger partial charge in [-0.1, -0.05) is 65.7 Å². The minimum atomic E-state index is 0. The Morgan fingerprint density at radius 3 is 2.31 bits per heavy atom. The first-order chi connectivity index (χ1) is 17.2. The topological polar surface area (TPSA) is 50.9 Å². The third-order valence-corrected chi connectivity index (χ3v) is 5.81. The predicted octanol–water partition coefficient (Wildman–Crippen LogP) is 6.92. The van der Waals surface area contributed by atoms with Crippen LogP contribution >= 0.6 is 0 Å². The van der Waals surface area contributed by atoms with E-state index in [2.05, 4.69) is 11.1 Å². The maximum Gasteiger partial charge on any atom is 0.148 e. The van der Waals surface area contributed by atoms with Gasteiger partial charge in [-0.2, -0.15) is 0 Å². The molecule has 0 amide bonds. The smallest absolute Gasteiger partial charge is 0.148 e. The molecule has 2 aromatic heterocycles. The maximum atomic E-state index is 10.7. The molecule has 0 unspecified atom stereocenters. The molecule has 0 aliphatic heterocycles. The zero-order valence-electron chi connectivity index (χ0n) is 19.5. The molecular weight excluding hydrogens is 613 g/mol.